The van der Waals surface area contributed by atoms with Crippen molar-refractivity contribution in [3.05, 3.63) is 17.3 Å². The molecule has 0 unspecified atom stereocenters. The van der Waals surface area contributed by atoms with Gasteiger partial charge in [-0.05, 0) is 30.4 Å². The number of aromatic nitrogens is 2. The third-order valence-corrected chi connectivity index (χ3v) is 3.50. The smallest absolute Gasteiger partial charge is 0.224 e. The van der Waals surface area contributed by atoms with Crippen LogP contribution in [0, 0.1) is 11.7 Å². The number of hydrogen-bond donors (Lipinski definition) is 0. The van der Waals surface area contributed by atoms with E-state index < -0.39 is 5.82 Å². The van der Waals surface area contributed by atoms with Crippen LogP contribution in [0.4, 0.5) is 10.2 Å². The van der Waals surface area contributed by atoms with Crippen LogP contribution in [0.15, 0.2) is 6.20 Å². The molecule has 0 aromatic carbocycles. The molecule has 1 fully saturated rings. The zero-order valence-electron chi connectivity index (χ0n) is 9.99. The first kappa shape index (κ1) is 12.6. The molecule has 0 amide bonds. The van der Waals surface area contributed by atoms with Crippen molar-refractivity contribution in [2.75, 3.05) is 18.5 Å². The van der Waals surface area contributed by atoms with Crippen molar-refractivity contribution in [3.8, 4) is 0 Å². The predicted molar refractivity (Wildman–Crippen MR) is 66.8 cm³/mol. The summed E-state index contributed by atoms with van der Waals surface area (Å²) in [6.07, 6.45) is 7.47. The van der Waals surface area contributed by atoms with Crippen LogP contribution in [-0.4, -0.2) is 23.6 Å². The highest BCUT2D eigenvalue weighted by Gasteiger charge is 2.18. The van der Waals surface area contributed by atoms with Crippen LogP contribution in [0.3, 0.4) is 0 Å². The largest absolute Gasteiger partial charge is 0.357 e. The van der Waals surface area contributed by atoms with Gasteiger partial charge < -0.3 is 4.90 Å². The molecule has 2 rings (SSSR count). The molecule has 0 saturated heterocycles. The monoisotopic (exact) mass is 257 g/mol. The molecular weight excluding hydrogens is 241 g/mol. The molecule has 1 aliphatic carbocycles. The summed E-state index contributed by atoms with van der Waals surface area (Å²) in [5.74, 6) is 0.533. The fraction of sp³-hybridized carbons (Fsp3) is 0.667. The number of rotatable bonds is 3. The van der Waals surface area contributed by atoms with E-state index in [4.69, 9.17) is 11.6 Å². The molecule has 0 spiro atoms. The summed E-state index contributed by atoms with van der Waals surface area (Å²) in [6, 6.07) is 0. The third-order valence-electron chi connectivity index (χ3n) is 3.31. The molecule has 0 radical (unpaired) electrons. The quantitative estimate of drug-likeness (QED) is 0.778. The predicted octanol–water partition coefficient (Wildman–Crippen LogP) is 3.29. The Morgan fingerprint density at radius 2 is 2.12 bits per heavy atom. The maximum Gasteiger partial charge on any atom is 0.224 e. The highest BCUT2D eigenvalue weighted by Crippen LogP contribution is 2.26. The van der Waals surface area contributed by atoms with E-state index in [1.807, 2.05) is 11.9 Å². The minimum Gasteiger partial charge on any atom is -0.357 e. The van der Waals surface area contributed by atoms with Crippen LogP contribution in [0.2, 0.25) is 5.28 Å². The molecule has 1 aromatic heterocycles. The van der Waals surface area contributed by atoms with Crippen molar-refractivity contribution in [3.63, 3.8) is 0 Å². The highest BCUT2D eigenvalue weighted by molar-refractivity contribution is 6.28. The maximum atomic E-state index is 13.5. The minimum atomic E-state index is -0.410. The number of anilines is 1. The lowest BCUT2D eigenvalue weighted by Crippen LogP contribution is -2.28. The summed E-state index contributed by atoms with van der Waals surface area (Å²) in [7, 11) is 1.86. The van der Waals surface area contributed by atoms with Crippen LogP contribution >= 0.6 is 11.6 Å². The second kappa shape index (κ2) is 5.63. The van der Waals surface area contributed by atoms with Crippen LogP contribution in [0.1, 0.15) is 32.1 Å². The van der Waals surface area contributed by atoms with E-state index in [2.05, 4.69) is 9.97 Å². The zero-order valence-corrected chi connectivity index (χ0v) is 10.8. The molecule has 1 heterocycles. The van der Waals surface area contributed by atoms with Gasteiger partial charge in [0.25, 0.3) is 0 Å². The summed E-state index contributed by atoms with van der Waals surface area (Å²) in [5.41, 5.74) is 0. The first-order valence-electron chi connectivity index (χ1n) is 6.06. The van der Waals surface area contributed by atoms with Crippen molar-refractivity contribution in [2.24, 2.45) is 5.92 Å². The lowest BCUT2D eigenvalue weighted by Gasteiger charge is -2.27. The fourth-order valence-corrected chi connectivity index (χ4v) is 2.58. The van der Waals surface area contributed by atoms with Crippen molar-refractivity contribution >= 4 is 17.4 Å². The van der Waals surface area contributed by atoms with E-state index in [1.54, 1.807) is 0 Å². The lowest BCUT2D eigenvalue weighted by atomic mass is 9.89. The summed E-state index contributed by atoms with van der Waals surface area (Å²) < 4.78 is 13.5. The summed E-state index contributed by atoms with van der Waals surface area (Å²) in [4.78, 5) is 9.41. The van der Waals surface area contributed by atoms with Gasteiger partial charge in [0, 0.05) is 13.6 Å². The van der Waals surface area contributed by atoms with Gasteiger partial charge in [-0.2, -0.15) is 4.98 Å². The average Bonchev–Trinajstić information content (AvgIpc) is 2.33. The topological polar surface area (TPSA) is 29.0 Å². The Hall–Kier alpha value is -0.900. The van der Waals surface area contributed by atoms with Gasteiger partial charge in [0.15, 0.2) is 11.6 Å². The molecule has 1 saturated carbocycles. The van der Waals surface area contributed by atoms with Crippen LogP contribution in [-0.2, 0) is 0 Å². The molecule has 94 valence electrons. The molecule has 3 nitrogen and oxygen atoms in total. The maximum absolute atomic E-state index is 13.5. The highest BCUT2D eigenvalue weighted by atomic mass is 35.5. The number of halogens is 2. The van der Waals surface area contributed by atoms with Crippen LogP contribution in [0.5, 0.6) is 0 Å². The molecule has 17 heavy (non-hydrogen) atoms. The van der Waals surface area contributed by atoms with Gasteiger partial charge in [-0.15, -0.1) is 0 Å². The SMILES string of the molecule is CN(CC1CCCCC1)c1nc(Cl)ncc1F. The Kier molecular flexibility index (Phi) is 4.15. The first-order valence-corrected chi connectivity index (χ1v) is 6.44. The van der Waals surface area contributed by atoms with Gasteiger partial charge in [0.05, 0.1) is 6.20 Å². The molecule has 5 heteroatoms. The van der Waals surface area contributed by atoms with Crippen molar-refractivity contribution in [1.82, 2.24) is 9.97 Å². The van der Waals surface area contributed by atoms with Gasteiger partial charge >= 0.3 is 0 Å². The summed E-state index contributed by atoms with van der Waals surface area (Å²) >= 11 is 5.69. The Labute approximate surface area is 106 Å². The first-order chi connectivity index (χ1) is 8.16. The summed E-state index contributed by atoms with van der Waals surface area (Å²) in [6.45, 7) is 0.838. The van der Waals surface area contributed by atoms with E-state index in [9.17, 15) is 4.39 Å². The van der Waals surface area contributed by atoms with E-state index in [1.165, 1.54) is 32.1 Å². The average molecular weight is 258 g/mol. The van der Waals surface area contributed by atoms with E-state index in [0.29, 0.717) is 11.7 Å². The Morgan fingerprint density at radius 1 is 1.41 bits per heavy atom. The second-order valence-corrected chi connectivity index (χ2v) is 5.03. The molecular formula is C12H17ClFN3. The van der Waals surface area contributed by atoms with Crippen LogP contribution in [0.25, 0.3) is 0 Å². The van der Waals surface area contributed by atoms with Gasteiger partial charge in [-0.3, -0.25) is 0 Å². The number of hydrogen-bond acceptors (Lipinski definition) is 3. The molecule has 0 N–H and O–H groups in total. The normalized spacial score (nSPS) is 17.1. The van der Waals surface area contributed by atoms with E-state index >= 15 is 0 Å². The molecule has 0 atom stereocenters. The van der Waals surface area contributed by atoms with Gasteiger partial charge in [0.1, 0.15) is 0 Å². The molecule has 0 bridgehead atoms. The van der Waals surface area contributed by atoms with Crippen molar-refractivity contribution in [2.45, 2.75) is 32.1 Å². The molecule has 1 aliphatic rings. The van der Waals surface area contributed by atoms with Crippen molar-refractivity contribution in [1.29, 1.82) is 0 Å². The van der Waals surface area contributed by atoms with E-state index in [-0.39, 0.29) is 5.28 Å². The minimum absolute atomic E-state index is 0.0943. The Balaban J connectivity index is 2.02. The Bertz CT molecular complexity index is 380. The third kappa shape index (κ3) is 3.28. The van der Waals surface area contributed by atoms with Crippen molar-refractivity contribution < 1.29 is 4.39 Å². The molecule has 0 aliphatic heterocycles. The van der Waals surface area contributed by atoms with Gasteiger partial charge in [0.2, 0.25) is 5.28 Å². The van der Waals surface area contributed by atoms with Gasteiger partial charge in [-0.25, -0.2) is 9.37 Å². The zero-order chi connectivity index (χ0) is 12.3. The fourth-order valence-electron chi connectivity index (χ4n) is 2.45. The summed E-state index contributed by atoms with van der Waals surface area (Å²) in [5, 5.41) is 0.0943. The standard InChI is InChI=1S/C12H17ClFN3/c1-17(8-9-5-3-2-4-6-9)11-10(14)7-15-12(13)16-11/h7,9H,2-6,8H2,1H3. The van der Waals surface area contributed by atoms with Crippen LogP contribution < -0.4 is 4.90 Å². The van der Waals surface area contributed by atoms with E-state index in [0.717, 1.165) is 12.7 Å². The molecule has 1 aromatic rings. The van der Waals surface area contributed by atoms with Gasteiger partial charge in [-0.1, -0.05) is 19.3 Å². The Morgan fingerprint density at radius 3 is 2.82 bits per heavy atom. The lowest BCUT2D eigenvalue weighted by molar-refractivity contribution is 0.360. The number of nitrogens with zero attached hydrogens (tertiary/aromatic N) is 3. The second-order valence-electron chi connectivity index (χ2n) is 4.70.